The van der Waals surface area contributed by atoms with Gasteiger partial charge in [-0.3, -0.25) is 0 Å². The second-order valence-corrected chi connectivity index (χ2v) is 3.77. The third-order valence-electron chi connectivity index (χ3n) is 2.68. The number of esters is 1. The summed E-state index contributed by atoms with van der Waals surface area (Å²) in [7, 11) is 1.22. The average Bonchev–Trinajstić information content (AvgIpc) is 2.72. The number of carbonyl (C=O) groups excluding carboxylic acids is 1. The number of aromatic nitrogens is 1. The normalized spacial score (nSPS) is 14.7. The van der Waals surface area contributed by atoms with Crippen LogP contribution in [0.5, 0.6) is 0 Å². The van der Waals surface area contributed by atoms with Crippen molar-refractivity contribution in [3.8, 4) is 0 Å². The lowest BCUT2D eigenvalue weighted by molar-refractivity contribution is -0.168. The number of ether oxygens (including phenoxy) is 1. The van der Waals surface area contributed by atoms with Crippen LogP contribution in [0.25, 0.3) is 10.9 Å². The third kappa shape index (κ3) is 1.47. The summed E-state index contributed by atoms with van der Waals surface area (Å²) in [5, 5.41) is 13.0. The van der Waals surface area contributed by atoms with Gasteiger partial charge in [0.1, 0.15) is 0 Å². The fourth-order valence-corrected chi connectivity index (χ4v) is 1.77. The molecule has 1 unspecified atom stereocenters. The molecule has 1 radical (unpaired) electrons. The summed E-state index contributed by atoms with van der Waals surface area (Å²) < 4.78 is 4.52. The molecule has 4 heteroatoms. The zero-order valence-corrected chi connectivity index (χ0v) is 9.11. The van der Waals surface area contributed by atoms with E-state index in [0.29, 0.717) is 5.56 Å². The van der Waals surface area contributed by atoms with Crippen LogP contribution in [0.15, 0.2) is 30.5 Å². The van der Waals surface area contributed by atoms with E-state index in [9.17, 15) is 9.90 Å². The molecule has 1 atom stereocenters. The van der Waals surface area contributed by atoms with Crippen molar-refractivity contribution in [2.45, 2.75) is 12.5 Å². The summed E-state index contributed by atoms with van der Waals surface area (Å²) in [6, 6.07) is 7.35. The van der Waals surface area contributed by atoms with Crippen LogP contribution >= 0.6 is 0 Å². The summed E-state index contributed by atoms with van der Waals surface area (Å²) in [5.74, 6) is -0.780. The van der Waals surface area contributed by atoms with Crippen molar-refractivity contribution in [2.75, 3.05) is 7.11 Å². The Morgan fingerprint density at radius 3 is 2.75 bits per heavy atom. The maximum absolute atomic E-state index is 12.2. The molecule has 0 aliphatic carbocycles. The molecular weight excluding hydrogens is 206 g/mol. The van der Waals surface area contributed by atoms with E-state index in [0.717, 1.165) is 10.9 Å². The van der Waals surface area contributed by atoms with E-state index < -0.39 is 11.6 Å². The molecule has 1 aromatic carbocycles. The van der Waals surface area contributed by atoms with Crippen LogP contribution in [-0.4, -0.2) is 18.1 Å². The lowest BCUT2D eigenvalue weighted by atomic mass is 9.96. The standard InChI is InChI=1S/C12H12NO3/c1-12(15,11(14)16-2)9-7-13-10-6-4-3-5-8(9)10/h3-7,13H,1-2H3. The van der Waals surface area contributed by atoms with Gasteiger partial charge in [-0.1, -0.05) is 18.2 Å². The van der Waals surface area contributed by atoms with E-state index in [1.54, 1.807) is 12.3 Å². The Bertz CT molecular complexity index is 528. The second kappa shape index (κ2) is 3.64. The third-order valence-corrected chi connectivity index (χ3v) is 2.68. The zero-order chi connectivity index (χ0) is 11.8. The highest BCUT2D eigenvalue weighted by molar-refractivity contribution is 5.91. The van der Waals surface area contributed by atoms with E-state index in [-0.39, 0.29) is 0 Å². The molecule has 1 aromatic heterocycles. The van der Waals surface area contributed by atoms with Gasteiger partial charge in [0.2, 0.25) is 5.60 Å². The maximum atomic E-state index is 12.2. The number of fused-ring (bicyclic) bond motifs is 1. The molecule has 2 rings (SSSR count). The monoisotopic (exact) mass is 218 g/mol. The van der Waals surface area contributed by atoms with Crippen molar-refractivity contribution >= 4 is 16.9 Å². The second-order valence-electron chi connectivity index (χ2n) is 3.77. The number of aromatic amines is 1. The van der Waals surface area contributed by atoms with Crippen LogP contribution in [0.4, 0.5) is 0 Å². The molecule has 0 bridgehead atoms. The average molecular weight is 218 g/mol. The predicted molar refractivity (Wildman–Crippen MR) is 58.4 cm³/mol. The fraction of sp³-hybridized carbons (Fsp3) is 0.250. The molecule has 0 aliphatic rings. The quantitative estimate of drug-likeness (QED) is 0.783. The van der Waals surface area contributed by atoms with Gasteiger partial charge in [0.05, 0.1) is 7.11 Å². The molecule has 2 aromatic rings. The molecule has 4 nitrogen and oxygen atoms in total. The highest BCUT2D eigenvalue weighted by atomic mass is 16.5. The number of hydrogen-bond donors (Lipinski definition) is 1. The Hall–Kier alpha value is -1.81. The van der Waals surface area contributed by atoms with Crippen molar-refractivity contribution in [2.24, 2.45) is 0 Å². The number of rotatable bonds is 2. The minimum Gasteiger partial charge on any atom is -0.467 e. The van der Waals surface area contributed by atoms with Crippen LogP contribution in [0.1, 0.15) is 12.5 Å². The molecule has 0 amide bonds. The van der Waals surface area contributed by atoms with Crippen LogP contribution in [-0.2, 0) is 20.2 Å². The number of benzene rings is 1. The lowest BCUT2D eigenvalue weighted by Crippen LogP contribution is -2.31. The Morgan fingerprint density at radius 1 is 1.38 bits per heavy atom. The molecule has 83 valence electrons. The number of hydrogen-bond acceptors (Lipinski definition) is 2. The molecule has 1 heterocycles. The SMILES string of the molecule is COC(=O)C(C)([O])c1c[nH]c2ccccc12. The number of methoxy groups -OCH3 is 1. The fourth-order valence-electron chi connectivity index (χ4n) is 1.77. The molecule has 0 aliphatic heterocycles. The molecule has 0 fully saturated rings. The summed E-state index contributed by atoms with van der Waals surface area (Å²) >= 11 is 0. The topological polar surface area (TPSA) is 62.0 Å². The Balaban J connectivity index is 2.59. The van der Waals surface area contributed by atoms with Gasteiger partial charge in [-0.2, -0.15) is 0 Å². The molecule has 0 saturated heterocycles. The first kappa shape index (κ1) is 10.7. The summed E-state index contributed by atoms with van der Waals surface area (Å²) in [5.41, 5.74) is -0.632. The van der Waals surface area contributed by atoms with Gasteiger partial charge in [-0.15, -0.1) is 0 Å². The van der Waals surface area contributed by atoms with E-state index >= 15 is 0 Å². The van der Waals surface area contributed by atoms with Gasteiger partial charge in [-0.05, 0) is 13.0 Å². The van der Waals surface area contributed by atoms with Crippen molar-refractivity contribution in [1.82, 2.24) is 4.98 Å². The summed E-state index contributed by atoms with van der Waals surface area (Å²) in [4.78, 5) is 14.4. The number of nitrogens with one attached hydrogen (secondary N) is 1. The molecule has 1 N–H and O–H groups in total. The van der Waals surface area contributed by atoms with E-state index in [2.05, 4.69) is 9.72 Å². The minimum atomic E-state index is -1.88. The number of H-pyrrole nitrogens is 1. The number of carbonyl (C=O) groups is 1. The van der Waals surface area contributed by atoms with E-state index in [4.69, 9.17) is 0 Å². The van der Waals surface area contributed by atoms with Crippen LogP contribution in [0.3, 0.4) is 0 Å². The van der Waals surface area contributed by atoms with Gasteiger partial charge in [0, 0.05) is 22.7 Å². The number of para-hydroxylation sites is 1. The molecular formula is C12H12NO3. The maximum Gasteiger partial charge on any atom is 0.346 e. The van der Waals surface area contributed by atoms with E-state index in [1.165, 1.54) is 14.0 Å². The van der Waals surface area contributed by atoms with Gasteiger partial charge in [0.15, 0.2) is 0 Å². The Labute approximate surface area is 92.9 Å². The minimum absolute atomic E-state index is 0.412. The van der Waals surface area contributed by atoms with Crippen molar-refractivity contribution < 1.29 is 14.6 Å². The summed E-state index contributed by atoms with van der Waals surface area (Å²) in [6.07, 6.45) is 1.56. The summed E-state index contributed by atoms with van der Waals surface area (Å²) in [6.45, 7) is 1.31. The predicted octanol–water partition coefficient (Wildman–Crippen LogP) is 1.99. The molecule has 0 saturated carbocycles. The van der Waals surface area contributed by atoms with Crippen LogP contribution in [0, 0.1) is 0 Å². The van der Waals surface area contributed by atoms with Crippen LogP contribution < -0.4 is 0 Å². The van der Waals surface area contributed by atoms with Gasteiger partial charge < -0.3 is 9.72 Å². The smallest absolute Gasteiger partial charge is 0.346 e. The highest BCUT2D eigenvalue weighted by Crippen LogP contribution is 2.29. The van der Waals surface area contributed by atoms with Crippen molar-refractivity contribution in [3.63, 3.8) is 0 Å². The van der Waals surface area contributed by atoms with Crippen molar-refractivity contribution in [1.29, 1.82) is 0 Å². The lowest BCUT2D eigenvalue weighted by Gasteiger charge is -2.16. The van der Waals surface area contributed by atoms with Gasteiger partial charge in [0.25, 0.3) is 0 Å². The molecule has 16 heavy (non-hydrogen) atoms. The first-order chi connectivity index (χ1) is 7.57. The Kier molecular flexibility index (Phi) is 2.44. The van der Waals surface area contributed by atoms with Gasteiger partial charge in [-0.25, -0.2) is 9.90 Å². The zero-order valence-electron chi connectivity index (χ0n) is 9.11. The van der Waals surface area contributed by atoms with Crippen LogP contribution in [0.2, 0.25) is 0 Å². The first-order valence-corrected chi connectivity index (χ1v) is 4.93. The highest BCUT2D eigenvalue weighted by Gasteiger charge is 2.38. The first-order valence-electron chi connectivity index (χ1n) is 4.93. The Morgan fingerprint density at radius 2 is 2.06 bits per heavy atom. The van der Waals surface area contributed by atoms with E-state index in [1.807, 2.05) is 18.2 Å². The van der Waals surface area contributed by atoms with Crippen molar-refractivity contribution in [3.05, 3.63) is 36.0 Å². The largest absolute Gasteiger partial charge is 0.467 e. The van der Waals surface area contributed by atoms with Gasteiger partial charge >= 0.3 is 5.97 Å². The molecule has 0 spiro atoms.